The van der Waals surface area contributed by atoms with Gasteiger partial charge in [-0.3, -0.25) is 23.9 Å². The summed E-state index contributed by atoms with van der Waals surface area (Å²) in [7, 11) is 0. The summed E-state index contributed by atoms with van der Waals surface area (Å²) < 4.78 is 19.9. The van der Waals surface area contributed by atoms with E-state index in [-0.39, 0.29) is 42.5 Å². The minimum absolute atomic E-state index is 0.116. The maximum absolute atomic E-state index is 13.5. The standard InChI is InChI=1S/C26H28FN3O5/c1-2-35-24(32)15-21(17-7-9-19(27)10-8-17)18-11-13-29(14-12-18)23(31)16-30-22-6-4-3-5-20(22)25(33)28-26(30)34/h3-10,18,21H,2,11-16H2,1H3,(H,28,33,34). The molecule has 1 N–H and O–H groups in total. The number of H-pyrrole nitrogens is 1. The molecule has 1 aromatic heterocycles. The summed E-state index contributed by atoms with van der Waals surface area (Å²) in [6.07, 6.45) is 1.51. The Morgan fingerprint density at radius 1 is 1.09 bits per heavy atom. The van der Waals surface area contributed by atoms with Crippen LogP contribution >= 0.6 is 0 Å². The van der Waals surface area contributed by atoms with Gasteiger partial charge in [0.25, 0.3) is 5.56 Å². The third-order valence-corrected chi connectivity index (χ3v) is 6.65. The number of benzene rings is 2. The van der Waals surface area contributed by atoms with E-state index in [1.807, 2.05) is 0 Å². The Balaban J connectivity index is 1.47. The van der Waals surface area contributed by atoms with Crippen molar-refractivity contribution in [2.45, 2.75) is 38.6 Å². The summed E-state index contributed by atoms with van der Waals surface area (Å²) in [6, 6.07) is 12.8. The Kier molecular flexibility index (Phi) is 7.43. The smallest absolute Gasteiger partial charge is 0.329 e. The van der Waals surface area contributed by atoms with E-state index in [1.165, 1.54) is 16.7 Å². The number of aromatic nitrogens is 2. The molecule has 9 heteroatoms. The zero-order chi connectivity index (χ0) is 24.9. The number of nitrogens with one attached hydrogen (secondary N) is 1. The first-order valence-corrected chi connectivity index (χ1v) is 11.8. The van der Waals surface area contributed by atoms with E-state index in [2.05, 4.69) is 4.98 Å². The number of fused-ring (bicyclic) bond motifs is 1. The molecule has 0 radical (unpaired) electrons. The van der Waals surface area contributed by atoms with Gasteiger partial charge in [-0.25, -0.2) is 9.18 Å². The van der Waals surface area contributed by atoms with Crippen molar-refractivity contribution in [2.24, 2.45) is 5.92 Å². The van der Waals surface area contributed by atoms with Crippen LogP contribution in [0.15, 0.2) is 58.1 Å². The van der Waals surface area contributed by atoms with Gasteiger partial charge in [-0.2, -0.15) is 0 Å². The average molecular weight is 482 g/mol. The fourth-order valence-corrected chi connectivity index (χ4v) is 4.85. The molecule has 1 amide bonds. The summed E-state index contributed by atoms with van der Waals surface area (Å²) in [5.41, 5.74) is 0.178. The van der Waals surface area contributed by atoms with Crippen molar-refractivity contribution < 1.29 is 18.7 Å². The van der Waals surface area contributed by atoms with E-state index >= 15 is 0 Å². The van der Waals surface area contributed by atoms with Gasteiger partial charge in [0, 0.05) is 13.1 Å². The Labute approximate surface area is 201 Å². The van der Waals surface area contributed by atoms with Crippen molar-refractivity contribution in [1.82, 2.24) is 14.5 Å². The predicted molar refractivity (Wildman–Crippen MR) is 129 cm³/mol. The van der Waals surface area contributed by atoms with Gasteiger partial charge in [0.2, 0.25) is 5.91 Å². The van der Waals surface area contributed by atoms with Crippen molar-refractivity contribution in [3.63, 3.8) is 0 Å². The number of hydrogen-bond donors (Lipinski definition) is 1. The monoisotopic (exact) mass is 481 g/mol. The first-order chi connectivity index (χ1) is 16.9. The van der Waals surface area contributed by atoms with Crippen LogP contribution in [0, 0.1) is 11.7 Å². The third kappa shape index (κ3) is 5.50. The van der Waals surface area contributed by atoms with E-state index in [1.54, 1.807) is 48.2 Å². The second-order valence-electron chi connectivity index (χ2n) is 8.75. The van der Waals surface area contributed by atoms with Gasteiger partial charge in [-0.05, 0) is 61.4 Å². The zero-order valence-electron chi connectivity index (χ0n) is 19.5. The molecule has 1 unspecified atom stereocenters. The molecule has 0 saturated carbocycles. The number of piperidine rings is 1. The van der Waals surface area contributed by atoms with Crippen LogP contribution in [-0.4, -0.2) is 46.0 Å². The highest BCUT2D eigenvalue weighted by molar-refractivity contribution is 5.81. The molecule has 1 aliphatic rings. The number of aromatic amines is 1. The molecule has 4 rings (SSSR count). The van der Waals surface area contributed by atoms with Crippen LogP contribution in [0.25, 0.3) is 10.9 Å². The minimum atomic E-state index is -0.622. The van der Waals surface area contributed by atoms with Crippen LogP contribution in [-0.2, 0) is 20.9 Å². The van der Waals surface area contributed by atoms with Gasteiger partial charge in [0.05, 0.1) is 23.9 Å². The maximum Gasteiger partial charge on any atom is 0.329 e. The number of hydrogen-bond acceptors (Lipinski definition) is 5. The van der Waals surface area contributed by atoms with E-state index in [9.17, 15) is 23.6 Å². The Morgan fingerprint density at radius 2 is 1.77 bits per heavy atom. The summed E-state index contributed by atoms with van der Waals surface area (Å²) in [5.74, 6) is -0.881. The largest absolute Gasteiger partial charge is 0.466 e. The topological polar surface area (TPSA) is 101 Å². The molecule has 0 spiro atoms. The van der Waals surface area contributed by atoms with Crippen LogP contribution in [0.2, 0.25) is 0 Å². The van der Waals surface area contributed by atoms with E-state index < -0.39 is 11.2 Å². The minimum Gasteiger partial charge on any atom is -0.466 e. The molecule has 2 aromatic carbocycles. The molecule has 1 fully saturated rings. The Hall–Kier alpha value is -3.75. The number of carbonyl (C=O) groups is 2. The highest BCUT2D eigenvalue weighted by Gasteiger charge is 2.31. The summed E-state index contributed by atoms with van der Waals surface area (Å²) in [5, 5.41) is 0.347. The molecule has 184 valence electrons. The fraction of sp³-hybridized carbons (Fsp3) is 0.385. The molecule has 1 aliphatic heterocycles. The van der Waals surface area contributed by atoms with E-state index in [0.717, 1.165) is 5.56 Å². The SMILES string of the molecule is CCOC(=O)CC(c1ccc(F)cc1)C1CCN(C(=O)Cn2c(=O)[nH]c(=O)c3ccccc32)CC1. The Morgan fingerprint density at radius 3 is 2.46 bits per heavy atom. The van der Waals surface area contributed by atoms with Gasteiger partial charge >= 0.3 is 11.7 Å². The van der Waals surface area contributed by atoms with Crippen LogP contribution in [0.1, 0.15) is 37.7 Å². The van der Waals surface area contributed by atoms with Crippen LogP contribution in [0.5, 0.6) is 0 Å². The number of nitrogens with zero attached hydrogens (tertiary/aromatic N) is 2. The first kappa shape index (κ1) is 24.4. The van der Waals surface area contributed by atoms with Crippen molar-refractivity contribution in [1.29, 1.82) is 0 Å². The number of carbonyl (C=O) groups excluding carboxylic acids is 2. The molecular weight excluding hydrogens is 453 g/mol. The zero-order valence-corrected chi connectivity index (χ0v) is 19.5. The molecule has 8 nitrogen and oxygen atoms in total. The molecular formula is C26H28FN3O5. The third-order valence-electron chi connectivity index (χ3n) is 6.65. The second-order valence-corrected chi connectivity index (χ2v) is 8.75. The lowest BCUT2D eigenvalue weighted by molar-refractivity contribution is -0.144. The number of amides is 1. The quantitative estimate of drug-likeness (QED) is 0.523. The number of halogens is 1. The van der Waals surface area contributed by atoms with Gasteiger partial charge in [-0.15, -0.1) is 0 Å². The lowest BCUT2D eigenvalue weighted by Gasteiger charge is -2.36. The van der Waals surface area contributed by atoms with Gasteiger partial charge in [-0.1, -0.05) is 24.3 Å². The number of rotatable bonds is 7. The molecule has 0 aliphatic carbocycles. The average Bonchev–Trinajstić information content (AvgIpc) is 2.86. The van der Waals surface area contributed by atoms with Gasteiger partial charge < -0.3 is 9.64 Å². The van der Waals surface area contributed by atoms with Crippen LogP contribution in [0.4, 0.5) is 4.39 Å². The van der Waals surface area contributed by atoms with Crippen LogP contribution < -0.4 is 11.2 Å². The number of likely N-dealkylation sites (tertiary alicyclic amines) is 1. The normalized spacial score (nSPS) is 15.2. The van der Waals surface area contributed by atoms with Crippen molar-refractivity contribution in [3.05, 3.63) is 80.7 Å². The molecule has 0 bridgehead atoms. The number of para-hydroxylation sites is 1. The Bertz CT molecular complexity index is 1320. The molecule has 35 heavy (non-hydrogen) atoms. The highest BCUT2D eigenvalue weighted by atomic mass is 19.1. The molecule has 1 saturated heterocycles. The number of esters is 1. The molecule has 1 atom stereocenters. The van der Waals surface area contributed by atoms with Crippen LogP contribution in [0.3, 0.4) is 0 Å². The summed E-state index contributed by atoms with van der Waals surface area (Å²) >= 11 is 0. The first-order valence-electron chi connectivity index (χ1n) is 11.8. The predicted octanol–water partition coefficient (Wildman–Crippen LogP) is 2.80. The van der Waals surface area contributed by atoms with Crippen molar-refractivity contribution in [2.75, 3.05) is 19.7 Å². The number of ether oxygens (including phenoxy) is 1. The van der Waals surface area contributed by atoms with E-state index in [4.69, 9.17) is 4.74 Å². The molecule has 3 aromatic rings. The van der Waals surface area contributed by atoms with Crippen molar-refractivity contribution >= 4 is 22.8 Å². The lowest BCUT2D eigenvalue weighted by atomic mass is 9.78. The van der Waals surface area contributed by atoms with Gasteiger partial charge in [0.1, 0.15) is 12.4 Å². The molecule has 2 heterocycles. The second kappa shape index (κ2) is 10.7. The summed E-state index contributed by atoms with van der Waals surface area (Å²) in [6.45, 7) is 2.82. The van der Waals surface area contributed by atoms with Gasteiger partial charge in [0.15, 0.2) is 0 Å². The lowest BCUT2D eigenvalue weighted by Crippen LogP contribution is -2.43. The maximum atomic E-state index is 13.5. The highest BCUT2D eigenvalue weighted by Crippen LogP contribution is 2.36. The fourth-order valence-electron chi connectivity index (χ4n) is 4.85. The van der Waals surface area contributed by atoms with E-state index in [0.29, 0.717) is 43.4 Å². The summed E-state index contributed by atoms with van der Waals surface area (Å²) in [4.78, 5) is 53.8. The van der Waals surface area contributed by atoms with Crippen molar-refractivity contribution in [3.8, 4) is 0 Å².